The fraction of sp³-hybridized carbons (Fsp3) is 0.500. The van der Waals surface area contributed by atoms with Crippen molar-refractivity contribution in [1.29, 1.82) is 0 Å². The first-order chi connectivity index (χ1) is 4.04. The molecular formula is C8H13F. The summed E-state index contributed by atoms with van der Waals surface area (Å²) in [5.41, 5.74) is 0.843. The van der Waals surface area contributed by atoms with Crippen LogP contribution in [0, 0.1) is 5.92 Å². The maximum absolute atomic E-state index is 12.1. The van der Waals surface area contributed by atoms with Crippen LogP contribution in [0.4, 0.5) is 4.39 Å². The van der Waals surface area contributed by atoms with E-state index in [0.29, 0.717) is 5.92 Å². The zero-order valence-corrected chi connectivity index (χ0v) is 6.24. The molecule has 0 amide bonds. The molecule has 0 saturated carbocycles. The summed E-state index contributed by atoms with van der Waals surface area (Å²) in [6.07, 6.45) is 1.46. The van der Waals surface area contributed by atoms with Gasteiger partial charge in [-0.2, -0.15) is 0 Å². The zero-order chi connectivity index (χ0) is 7.44. The molecule has 0 bridgehead atoms. The second-order valence-electron chi connectivity index (χ2n) is 2.46. The van der Waals surface area contributed by atoms with Gasteiger partial charge in [-0.25, -0.2) is 4.39 Å². The van der Waals surface area contributed by atoms with Crippen molar-refractivity contribution in [2.24, 2.45) is 5.92 Å². The van der Waals surface area contributed by atoms with Crippen LogP contribution in [0.3, 0.4) is 0 Å². The summed E-state index contributed by atoms with van der Waals surface area (Å²) in [4.78, 5) is 0. The fourth-order valence-electron chi connectivity index (χ4n) is 0.422. The van der Waals surface area contributed by atoms with E-state index in [1.54, 1.807) is 0 Å². The summed E-state index contributed by atoms with van der Waals surface area (Å²) in [7, 11) is 0. The third-order valence-corrected chi connectivity index (χ3v) is 1.13. The Hall–Kier alpha value is -0.590. The highest BCUT2D eigenvalue weighted by atomic mass is 19.1. The van der Waals surface area contributed by atoms with Gasteiger partial charge in [0.1, 0.15) is 0 Å². The van der Waals surface area contributed by atoms with Gasteiger partial charge >= 0.3 is 0 Å². The molecule has 0 fully saturated rings. The second kappa shape index (κ2) is 3.44. The lowest BCUT2D eigenvalue weighted by Crippen LogP contribution is -1.87. The zero-order valence-electron chi connectivity index (χ0n) is 6.24. The molecule has 0 saturated heterocycles. The minimum atomic E-state index is -0.173. The Kier molecular flexibility index (Phi) is 3.21. The summed E-state index contributed by atoms with van der Waals surface area (Å²) in [6, 6.07) is 0. The monoisotopic (exact) mass is 128 g/mol. The molecule has 0 aromatic carbocycles. The van der Waals surface area contributed by atoms with E-state index in [1.807, 2.05) is 13.8 Å². The molecule has 0 aromatic heterocycles. The molecule has 0 aliphatic carbocycles. The molecule has 0 spiro atoms. The number of rotatable bonds is 2. The van der Waals surface area contributed by atoms with Gasteiger partial charge in [0.25, 0.3) is 0 Å². The number of hydrogen-bond acceptors (Lipinski definition) is 0. The Labute approximate surface area is 56.1 Å². The first-order valence-electron chi connectivity index (χ1n) is 3.06. The minimum absolute atomic E-state index is 0.173. The highest BCUT2D eigenvalue weighted by Gasteiger charge is 1.95. The van der Waals surface area contributed by atoms with Crippen LogP contribution in [0.5, 0.6) is 0 Å². The second-order valence-corrected chi connectivity index (χ2v) is 2.46. The van der Waals surface area contributed by atoms with Crippen LogP contribution in [-0.4, -0.2) is 0 Å². The van der Waals surface area contributed by atoms with E-state index in [1.165, 1.54) is 13.0 Å². The highest BCUT2D eigenvalue weighted by molar-refractivity contribution is 5.17. The van der Waals surface area contributed by atoms with E-state index >= 15 is 0 Å². The third-order valence-electron chi connectivity index (χ3n) is 1.13. The predicted molar refractivity (Wildman–Crippen MR) is 38.8 cm³/mol. The van der Waals surface area contributed by atoms with Crippen LogP contribution in [0.15, 0.2) is 24.1 Å². The Morgan fingerprint density at radius 3 is 2.11 bits per heavy atom. The van der Waals surface area contributed by atoms with Gasteiger partial charge in [0.15, 0.2) is 0 Å². The van der Waals surface area contributed by atoms with Crippen molar-refractivity contribution in [3.8, 4) is 0 Å². The van der Waals surface area contributed by atoms with Gasteiger partial charge < -0.3 is 0 Å². The topological polar surface area (TPSA) is 0 Å². The van der Waals surface area contributed by atoms with Crippen LogP contribution in [0.1, 0.15) is 20.8 Å². The van der Waals surface area contributed by atoms with Gasteiger partial charge in [0.2, 0.25) is 0 Å². The molecule has 52 valence electrons. The molecule has 0 radical (unpaired) electrons. The molecule has 0 atom stereocenters. The first kappa shape index (κ1) is 8.41. The lowest BCUT2D eigenvalue weighted by atomic mass is 10.1. The molecule has 0 N–H and O–H groups in total. The standard InChI is InChI=1S/C8H13F/c1-6(2)7(3)5-8(4)9/h5-6H,3H2,1-2,4H3. The summed E-state index contributed by atoms with van der Waals surface area (Å²) < 4.78 is 12.1. The average Bonchev–Trinajstić information content (AvgIpc) is 1.63. The lowest BCUT2D eigenvalue weighted by Gasteiger charge is -2.01. The molecule has 0 aromatic rings. The Bertz CT molecular complexity index is 128. The van der Waals surface area contributed by atoms with E-state index in [0.717, 1.165) is 5.57 Å². The smallest absolute Gasteiger partial charge is 0.0971 e. The van der Waals surface area contributed by atoms with E-state index in [-0.39, 0.29) is 5.83 Å². The molecule has 0 unspecified atom stereocenters. The van der Waals surface area contributed by atoms with Crippen LogP contribution < -0.4 is 0 Å². The summed E-state index contributed by atoms with van der Waals surface area (Å²) in [5.74, 6) is 0.171. The van der Waals surface area contributed by atoms with Gasteiger partial charge in [0, 0.05) is 0 Å². The van der Waals surface area contributed by atoms with Gasteiger partial charge in [0.05, 0.1) is 5.83 Å². The Morgan fingerprint density at radius 2 is 2.00 bits per heavy atom. The molecule has 0 heterocycles. The number of hydrogen-bond donors (Lipinski definition) is 0. The van der Waals surface area contributed by atoms with E-state index < -0.39 is 0 Å². The van der Waals surface area contributed by atoms with Gasteiger partial charge in [-0.15, -0.1) is 0 Å². The van der Waals surface area contributed by atoms with Crippen LogP contribution in [0.2, 0.25) is 0 Å². The van der Waals surface area contributed by atoms with Gasteiger partial charge in [-0.05, 0) is 18.9 Å². The van der Waals surface area contributed by atoms with Crippen molar-refractivity contribution >= 4 is 0 Å². The van der Waals surface area contributed by atoms with E-state index in [9.17, 15) is 4.39 Å². The van der Waals surface area contributed by atoms with Crippen LogP contribution in [0.25, 0.3) is 0 Å². The molecular weight excluding hydrogens is 115 g/mol. The largest absolute Gasteiger partial charge is 0.212 e. The fourth-order valence-corrected chi connectivity index (χ4v) is 0.422. The minimum Gasteiger partial charge on any atom is -0.212 e. The van der Waals surface area contributed by atoms with Crippen molar-refractivity contribution in [2.75, 3.05) is 0 Å². The van der Waals surface area contributed by atoms with Crippen LogP contribution >= 0.6 is 0 Å². The van der Waals surface area contributed by atoms with Crippen molar-refractivity contribution < 1.29 is 4.39 Å². The van der Waals surface area contributed by atoms with Crippen LogP contribution in [-0.2, 0) is 0 Å². The third kappa shape index (κ3) is 3.95. The highest BCUT2D eigenvalue weighted by Crippen LogP contribution is 2.10. The molecule has 1 heteroatoms. The maximum atomic E-state index is 12.1. The quantitative estimate of drug-likeness (QED) is 0.501. The maximum Gasteiger partial charge on any atom is 0.0971 e. The normalized spacial score (nSPS) is 12.3. The molecule has 9 heavy (non-hydrogen) atoms. The molecule has 0 aliphatic heterocycles. The van der Waals surface area contributed by atoms with Crippen molar-refractivity contribution in [1.82, 2.24) is 0 Å². The Morgan fingerprint density at radius 1 is 1.56 bits per heavy atom. The van der Waals surface area contributed by atoms with Gasteiger partial charge in [-0.3, -0.25) is 0 Å². The SMILES string of the molecule is C=C(C=C(C)F)C(C)C. The van der Waals surface area contributed by atoms with Crippen molar-refractivity contribution in [3.63, 3.8) is 0 Å². The first-order valence-corrected chi connectivity index (χ1v) is 3.06. The van der Waals surface area contributed by atoms with E-state index in [2.05, 4.69) is 6.58 Å². The van der Waals surface area contributed by atoms with Crippen molar-refractivity contribution in [3.05, 3.63) is 24.1 Å². The number of allylic oxidation sites excluding steroid dienone is 3. The lowest BCUT2D eigenvalue weighted by molar-refractivity contribution is 0.634. The predicted octanol–water partition coefficient (Wildman–Crippen LogP) is 3.07. The number of halogens is 1. The summed E-state index contributed by atoms with van der Waals surface area (Å²) in [5, 5.41) is 0. The molecule has 0 rings (SSSR count). The molecule has 0 nitrogen and oxygen atoms in total. The summed E-state index contributed by atoms with van der Waals surface area (Å²) in [6.45, 7) is 9.08. The van der Waals surface area contributed by atoms with E-state index in [4.69, 9.17) is 0 Å². The van der Waals surface area contributed by atoms with Crippen molar-refractivity contribution in [2.45, 2.75) is 20.8 Å². The Balaban J connectivity index is 3.93. The van der Waals surface area contributed by atoms with Gasteiger partial charge in [-0.1, -0.05) is 26.0 Å². The average molecular weight is 128 g/mol. The summed E-state index contributed by atoms with van der Waals surface area (Å²) >= 11 is 0. The molecule has 0 aliphatic rings.